The van der Waals surface area contributed by atoms with Gasteiger partial charge in [0.2, 0.25) is 12.2 Å². The molecule has 1 aliphatic carbocycles. The monoisotopic (exact) mass is 216 g/mol. The van der Waals surface area contributed by atoms with Crippen molar-refractivity contribution in [3.63, 3.8) is 0 Å². The smallest absolute Gasteiger partial charge is 0.228 e. The van der Waals surface area contributed by atoms with Gasteiger partial charge in [-0.2, -0.15) is 0 Å². The fraction of sp³-hybridized carbons (Fsp3) is 0.0909. The van der Waals surface area contributed by atoms with E-state index >= 15 is 0 Å². The van der Waals surface area contributed by atoms with E-state index in [1.54, 1.807) is 19.1 Å². The summed E-state index contributed by atoms with van der Waals surface area (Å²) in [4.78, 5) is 37.7. The first-order valence-corrected chi connectivity index (χ1v) is 4.62. The van der Waals surface area contributed by atoms with Gasteiger partial charge < -0.3 is 5.32 Å². The lowest BCUT2D eigenvalue weighted by atomic mass is 9.97. The molecule has 0 aliphatic heterocycles. The summed E-state index contributed by atoms with van der Waals surface area (Å²) in [5, 5.41) is 2.20. The first-order chi connectivity index (χ1) is 7.63. The van der Waals surface area contributed by atoms with Gasteiger partial charge in [0.05, 0.1) is 11.3 Å². The molecule has 80 valence electrons. The molecular weight excluding hydrogens is 208 g/mol. The second-order valence-electron chi connectivity index (χ2n) is 3.36. The Bertz CT molecular complexity index is 532. The Morgan fingerprint density at radius 2 is 2.06 bits per heavy atom. The highest BCUT2D eigenvalue weighted by atomic mass is 16.1. The molecule has 1 heterocycles. The van der Waals surface area contributed by atoms with Crippen LogP contribution in [0.15, 0.2) is 23.9 Å². The van der Waals surface area contributed by atoms with Gasteiger partial charge in [0.25, 0.3) is 0 Å². The van der Waals surface area contributed by atoms with E-state index in [1.807, 2.05) is 0 Å². The fourth-order valence-corrected chi connectivity index (χ4v) is 1.50. The van der Waals surface area contributed by atoms with Gasteiger partial charge in [0.1, 0.15) is 5.69 Å². The standard InChI is InChI=1S/C11H8N2O3/c1-6-2-3-7-9(15)4-8(12-5-14)11(16)10(7)13-6/h2-5H,1H3,(H,12,14). The van der Waals surface area contributed by atoms with Crippen molar-refractivity contribution >= 4 is 18.0 Å². The molecule has 5 nitrogen and oxygen atoms in total. The molecule has 0 aromatic carbocycles. The van der Waals surface area contributed by atoms with Crippen LogP contribution in [0.2, 0.25) is 0 Å². The topological polar surface area (TPSA) is 76.1 Å². The molecule has 0 saturated carbocycles. The van der Waals surface area contributed by atoms with E-state index in [2.05, 4.69) is 10.3 Å². The third-order valence-electron chi connectivity index (χ3n) is 2.25. The number of pyridine rings is 1. The number of nitrogens with zero attached hydrogens (tertiary/aromatic N) is 1. The summed E-state index contributed by atoms with van der Waals surface area (Å²) in [6.07, 6.45) is 1.47. The lowest BCUT2D eigenvalue weighted by Gasteiger charge is -2.13. The van der Waals surface area contributed by atoms with Crippen molar-refractivity contribution in [2.45, 2.75) is 6.92 Å². The summed E-state index contributed by atoms with van der Waals surface area (Å²) in [6.45, 7) is 1.73. The minimum absolute atomic E-state index is 0.0365. The Kier molecular flexibility index (Phi) is 2.36. The molecule has 0 unspecified atom stereocenters. The van der Waals surface area contributed by atoms with E-state index in [0.717, 1.165) is 6.08 Å². The van der Waals surface area contributed by atoms with Crippen molar-refractivity contribution in [1.82, 2.24) is 10.3 Å². The molecule has 1 aromatic rings. The van der Waals surface area contributed by atoms with Crippen LogP contribution in [0.25, 0.3) is 0 Å². The zero-order chi connectivity index (χ0) is 11.7. The predicted molar refractivity (Wildman–Crippen MR) is 54.9 cm³/mol. The molecule has 0 fully saturated rings. The van der Waals surface area contributed by atoms with E-state index in [4.69, 9.17) is 0 Å². The zero-order valence-electron chi connectivity index (χ0n) is 8.48. The van der Waals surface area contributed by atoms with E-state index in [0.29, 0.717) is 12.1 Å². The van der Waals surface area contributed by atoms with Crippen LogP contribution >= 0.6 is 0 Å². The van der Waals surface area contributed by atoms with Gasteiger partial charge in [-0.15, -0.1) is 0 Å². The van der Waals surface area contributed by atoms with Crippen LogP contribution in [0.3, 0.4) is 0 Å². The van der Waals surface area contributed by atoms with Gasteiger partial charge in [0.15, 0.2) is 5.78 Å². The minimum atomic E-state index is -0.439. The Labute approximate surface area is 91.2 Å². The van der Waals surface area contributed by atoms with E-state index < -0.39 is 5.78 Å². The molecule has 1 amide bonds. The van der Waals surface area contributed by atoms with Crippen molar-refractivity contribution in [2.75, 3.05) is 0 Å². The average molecular weight is 216 g/mol. The number of Topliss-reactive ketones (excluding diaryl/α,β-unsaturated/α-hetero) is 1. The number of aromatic nitrogens is 1. The van der Waals surface area contributed by atoms with Crippen LogP contribution in [-0.2, 0) is 4.79 Å². The van der Waals surface area contributed by atoms with E-state index in [9.17, 15) is 14.4 Å². The molecule has 1 aromatic heterocycles. The van der Waals surface area contributed by atoms with Crippen LogP contribution in [0.5, 0.6) is 0 Å². The Morgan fingerprint density at radius 1 is 1.31 bits per heavy atom. The quantitative estimate of drug-likeness (QED) is 0.726. The van der Waals surface area contributed by atoms with Gasteiger partial charge in [-0.05, 0) is 19.1 Å². The van der Waals surface area contributed by atoms with Crippen molar-refractivity contribution < 1.29 is 14.4 Å². The number of nitrogens with one attached hydrogen (secondary N) is 1. The minimum Gasteiger partial charge on any atom is -0.325 e. The van der Waals surface area contributed by atoms with Crippen LogP contribution in [0.1, 0.15) is 26.5 Å². The number of amides is 1. The van der Waals surface area contributed by atoms with Crippen molar-refractivity contribution in [3.05, 3.63) is 40.9 Å². The molecule has 0 radical (unpaired) electrons. The van der Waals surface area contributed by atoms with Crippen molar-refractivity contribution in [1.29, 1.82) is 0 Å². The maximum absolute atomic E-state index is 11.8. The van der Waals surface area contributed by atoms with Crippen LogP contribution in [0.4, 0.5) is 0 Å². The molecule has 16 heavy (non-hydrogen) atoms. The van der Waals surface area contributed by atoms with Crippen molar-refractivity contribution in [3.8, 4) is 0 Å². The molecule has 0 bridgehead atoms. The lowest BCUT2D eigenvalue weighted by molar-refractivity contribution is -0.108. The third kappa shape index (κ3) is 1.52. The SMILES string of the molecule is Cc1ccc2c(n1)C(=O)C(NC=O)=CC2=O. The van der Waals surface area contributed by atoms with Gasteiger partial charge in [-0.1, -0.05) is 0 Å². The second kappa shape index (κ2) is 3.69. The van der Waals surface area contributed by atoms with Gasteiger partial charge in [-0.25, -0.2) is 4.98 Å². The first kappa shape index (κ1) is 10.2. The summed E-state index contributed by atoms with van der Waals surface area (Å²) in [5.41, 5.74) is 0.974. The first-order valence-electron chi connectivity index (χ1n) is 4.62. The highest BCUT2D eigenvalue weighted by molar-refractivity contribution is 6.23. The number of allylic oxidation sites excluding steroid dienone is 2. The largest absolute Gasteiger partial charge is 0.325 e. The molecule has 5 heteroatoms. The normalized spacial score (nSPS) is 14.2. The zero-order valence-corrected chi connectivity index (χ0v) is 8.48. The van der Waals surface area contributed by atoms with Gasteiger partial charge >= 0.3 is 0 Å². The molecule has 0 atom stereocenters. The van der Waals surface area contributed by atoms with Gasteiger partial charge in [-0.3, -0.25) is 14.4 Å². The lowest BCUT2D eigenvalue weighted by Crippen LogP contribution is -2.27. The number of hydrogen-bond acceptors (Lipinski definition) is 4. The average Bonchev–Trinajstić information content (AvgIpc) is 2.25. The van der Waals surface area contributed by atoms with Crippen LogP contribution < -0.4 is 5.32 Å². The summed E-state index contributed by atoms with van der Waals surface area (Å²) < 4.78 is 0. The second-order valence-corrected chi connectivity index (χ2v) is 3.36. The number of carbonyl (C=O) groups excluding carboxylic acids is 3. The maximum Gasteiger partial charge on any atom is 0.228 e. The molecule has 0 saturated heterocycles. The number of aryl methyl sites for hydroxylation is 1. The summed E-state index contributed by atoms with van der Waals surface area (Å²) in [5.74, 6) is -0.767. The highest BCUT2D eigenvalue weighted by Crippen LogP contribution is 2.18. The predicted octanol–water partition coefficient (Wildman–Crippen LogP) is 0.399. The summed E-state index contributed by atoms with van der Waals surface area (Å²) in [6, 6.07) is 3.22. The maximum atomic E-state index is 11.8. The molecule has 1 N–H and O–H groups in total. The summed E-state index contributed by atoms with van der Waals surface area (Å²) >= 11 is 0. The number of rotatable bonds is 2. The van der Waals surface area contributed by atoms with E-state index in [1.165, 1.54) is 0 Å². The highest BCUT2D eigenvalue weighted by Gasteiger charge is 2.26. The molecule has 0 spiro atoms. The Hall–Kier alpha value is -2.30. The van der Waals surface area contributed by atoms with Crippen LogP contribution in [-0.4, -0.2) is 23.0 Å². The van der Waals surface area contributed by atoms with Crippen molar-refractivity contribution in [2.24, 2.45) is 0 Å². The fourth-order valence-electron chi connectivity index (χ4n) is 1.50. The number of carbonyl (C=O) groups is 3. The van der Waals surface area contributed by atoms with E-state index in [-0.39, 0.29) is 22.7 Å². The summed E-state index contributed by atoms with van der Waals surface area (Å²) in [7, 11) is 0. The van der Waals surface area contributed by atoms with Gasteiger partial charge in [0, 0.05) is 11.8 Å². The Morgan fingerprint density at radius 3 is 2.75 bits per heavy atom. The molecule has 1 aliphatic rings. The third-order valence-corrected chi connectivity index (χ3v) is 2.25. The molecule has 2 rings (SSSR count). The number of hydrogen-bond donors (Lipinski definition) is 1. The molecular formula is C11H8N2O3. The van der Waals surface area contributed by atoms with Crippen LogP contribution in [0, 0.1) is 6.92 Å². The Balaban J connectivity index is 2.56. The number of ketones is 2. The number of fused-ring (bicyclic) bond motifs is 1.